The highest BCUT2D eigenvalue weighted by Crippen LogP contribution is 2.28. The van der Waals surface area contributed by atoms with Crippen molar-refractivity contribution in [3.63, 3.8) is 0 Å². The molecule has 0 aliphatic carbocycles. The Hall–Kier alpha value is -1.66. The van der Waals surface area contributed by atoms with Gasteiger partial charge in [-0.05, 0) is 12.1 Å². The van der Waals surface area contributed by atoms with Gasteiger partial charge in [-0.2, -0.15) is 0 Å². The Kier molecular flexibility index (Phi) is 3.96. The average Bonchev–Trinajstić information content (AvgIpc) is 2.79. The van der Waals surface area contributed by atoms with Crippen LogP contribution in [0.1, 0.15) is 37.0 Å². The number of nitrogens with zero attached hydrogens (tertiary/aromatic N) is 2. The first-order chi connectivity index (χ1) is 9.27. The molecular weight excluding hydrogens is 298 g/mol. The zero-order chi connectivity index (χ0) is 14.9. The minimum atomic E-state index is -1.16. The molecule has 2 rings (SSSR count). The second kappa shape index (κ2) is 5.38. The Labute approximate surface area is 125 Å². The number of thiazole rings is 1. The van der Waals surface area contributed by atoms with Gasteiger partial charge in [-0.3, -0.25) is 0 Å². The summed E-state index contributed by atoms with van der Waals surface area (Å²) in [7, 11) is 0. The zero-order valence-electron chi connectivity index (χ0n) is 11.3. The Morgan fingerprint density at radius 3 is 2.60 bits per heavy atom. The fourth-order valence-electron chi connectivity index (χ4n) is 1.45. The van der Waals surface area contributed by atoms with E-state index in [2.05, 4.69) is 36.1 Å². The van der Waals surface area contributed by atoms with Crippen LogP contribution in [-0.2, 0) is 5.41 Å². The number of anilines is 2. The number of carboxylic acids is 1. The fourth-order valence-corrected chi connectivity index (χ4v) is 2.58. The SMILES string of the molecule is CC(C)(C)c1csc(Nc2ccc(Cl)c(C(=O)O)n2)n1. The van der Waals surface area contributed by atoms with Gasteiger partial charge in [0.2, 0.25) is 0 Å². The summed E-state index contributed by atoms with van der Waals surface area (Å²) in [5.74, 6) is -0.755. The first kappa shape index (κ1) is 14.7. The van der Waals surface area contributed by atoms with Gasteiger partial charge in [0.05, 0.1) is 10.7 Å². The third kappa shape index (κ3) is 3.26. The smallest absolute Gasteiger partial charge is 0.356 e. The molecule has 0 aliphatic rings. The topological polar surface area (TPSA) is 75.1 Å². The van der Waals surface area contributed by atoms with Crippen LogP contribution < -0.4 is 5.32 Å². The van der Waals surface area contributed by atoms with Gasteiger partial charge in [-0.25, -0.2) is 14.8 Å². The molecule has 0 fully saturated rings. The van der Waals surface area contributed by atoms with Crippen molar-refractivity contribution in [2.45, 2.75) is 26.2 Å². The van der Waals surface area contributed by atoms with Gasteiger partial charge in [0, 0.05) is 10.8 Å². The van der Waals surface area contributed by atoms with E-state index >= 15 is 0 Å². The lowest BCUT2D eigenvalue weighted by Gasteiger charge is -2.14. The third-order valence-corrected chi connectivity index (χ3v) is 3.62. The summed E-state index contributed by atoms with van der Waals surface area (Å²) in [6.07, 6.45) is 0. The largest absolute Gasteiger partial charge is 0.476 e. The maximum absolute atomic E-state index is 11.0. The molecule has 7 heteroatoms. The van der Waals surface area contributed by atoms with Gasteiger partial charge in [0.1, 0.15) is 5.82 Å². The third-order valence-electron chi connectivity index (χ3n) is 2.56. The minimum absolute atomic E-state index is 0.0317. The van der Waals surface area contributed by atoms with Gasteiger partial charge in [0.15, 0.2) is 10.8 Å². The molecule has 0 radical (unpaired) electrons. The molecule has 5 nitrogen and oxygen atoms in total. The molecule has 0 unspecified atom stereocenters. The molecule has 0 saturated carbocycles. The van der Waals surface area contributed by atoms with Crippen molar-refractivity contribution in [1.82, 2.24) is 9.97 Å². The van der Waals surface area contributed by atoms with Crippen molar-refractivity contribution in [1.29, 1.82) is 0 Å². The molecule has 0 saturated heterocycles. The highest BCUT2D eigenvalue weighted by molar-refractivity contribution is 7.13. The summed E-state index contributed by atoms with van der Waals surface area (Å²) in [4.78, 5) is 19.4. The molecule has 2 aromatic rings. The van der Waals surface area contributed by atoms with E-state index in [0.29, 0.717) is 10.9 Å². The van der Waals surface area contributed by atoms with Crippen molar-refractivity contribution in [3.8, 4) is 0 Å². The summed E-state index contributed by atoms with van der Waals surface area (Å²) < 4.78 is 0. The van der Waals surface area contributed by atoms with Crippen LogP contribution in [0.5, 0.6) is 0 Å². The van der Waals surface area contributed by atoms with E-state index in [9.17, 15) is 4.79 Å². The second-order valence-electron chi connectivity index (χ2n) is 5.24. The molecule has 0 bridgehead atoms. The van der Waals surface area contributed by atoms with E-state index in [1.165, 1.54) is 17.4 Å². The van der Waals surface area contributed by atoms with E-state index in [1.54, 1.807) is 6.07 Å². The molecule has 0 atom stereocenters. The second-order valence-corrected chi connectivity index (χ2v) is 6.51. The monoisotopic (exact) mass is 311 g/mol. The molecular formula is C13H14ClN3O2S. The summed E-state index contributed by atoms with van der Waals surface area (Å²) in [6.45, 7) is 6.23. The van der Waals surface area contributed by atoms with Gasteiger partial charge >= 0.3 is 5.97 Å². The van der Waals surface area contributed by atoms with Crippen molar-refractivity contribution in [2.75, 3.05) is 5.32 Å². The van der Waals surface area contributed by atoms with Crippen LogP contribution in [0, 0.1) is 0 Å². The Morgan fingerprint density at radius 1 is 1.35 bits per heavy atom. The molecule has 0 amide bonds. The van der Waals surface area contributed by atoms with Crippen LogP contribution in [0.2, 0.25) is 5.02 Å². The lowest BCUT2D eigenvalue weighted by Crippen LogP contribution is -2.11. The molecule has 2 N–H and O–H groups in total. The van der Waals surface area contributed by atoms with Crippen molar-refractivity contribution in [3.05, 3.63) is 33.9 Å². The van der Waals surface area contributed by atoms with Crippen LogP contribution in [0.4, 0.5) is 10.9 Å². The Morgan fingerprint density at radius 2 is 2.05 bits per heavy atom. The van der Waals surface area contributed by atoms with E-state index in [4.69, 9.17) is 16.7 Å². The molecule has 106 valence electrons. The van der Waals surface area contributed by atoms with Crippen LogP contribution in [0.15, 0.2) is 17.5 Å². The summed E-state index contributed by atoms with van der Waals surface area (Å²) in [5, 5.41) is 14.7. The first-order valence-electron chi connectivity index (χ1n) is 5.90. The quantitative estimate of drug-likeness (QED) is 0.898. The van der Waals surface area contributed by atoms with Crippen LogP contribution >= 0.6 is 22.9 Å². The fraction of sp³-hybridized carbons (Fsp3) is 0.308. The molecule has 0 aromatic carbocycles. The normalized spacial score (nSPS) is 11.4. The maximum Gasteiger partial charge on any atom is 0.356 e. The Bertz CT molecular complexity index is 649. The standard InChI is InChI=1S/C13H14ClN3O2S/c1-13(2,3)8-6-20-12(15-8)17-9-5-4-7(14)10(16-9)11(18)19/h4-6H,1-3H3,(H,18,19)(H,15,16,17). The number of rotatable bonds is 3. The molecule has 20 heavy (non-hydrogen) atoms. The van der Waals surface area contributed by atoms with Gasteiger partial charge < -0.3 is 10.4 Å². The number of aromatic carboxylic acids is 1. The number of aromatic nitrogens is 2. The van der Waals surface area contributed by atoms with Crippen molar-refractivity contribution in [2.24, 2.45) is 0 Å². The minimum Gasteiger partial charge on any atom is -0.476 e. The van der Waals surface area contributed by atoms with Crippen LogP contribution in [0.3, 0.4) is 0 Å². The zero-order valence-corrected chi connectivity index (χ0v) is 12.8. The van der Waals surface area contributed by atoms with E-state index in [1.807, 2.05) is 5.38 Å². The van der Waals surface area contributed by atoms with E-state index in [0.717, 1.165) is 5.69 Å². The molecule has 2 heterocycles. The molecule has 0 spiro atoms. The van der Waals surface area contributed by atoms with Crippen molar-refractivity contribution >= 4 is 39.9 Å². The summed E-state index contributed by atoms with van der Waals surface area (Å²) in [6, 6.07) is 3.12. The number of halogens is 1. The highest BCUT2D eigenvalue weighted by Gasteiger charge is 2.18. The highest BCUT2D eigenvalue weighted by atomic mass is 35.5. The first-order valence-corrected chi connectivity index (χ1v) is 7.16. The number of hydrogen-bond acceptors (Lipinski definition) is 5. The van der Waals surface area contributed by atoms with Gasteiger partial charge in [-0.15, -0.1) is 11.3 Å². The summed E-state index contributed by atoms with van der Waals surface area (Å²) in [5.41, 5.74) is 0.762. The maximum atomic E-state index is 11.0. The number of nitrogens with one attached hydrogen (secondary N) is 1. The number of carbonyl (C=O) groups is 1. The van der Waals surface area contributed by atoms with E-state index < -0.39 is 5.97 Å². The predicted octanol–water partition coefficient (Wildman–Crippen LogP) is 3.93. The number of carboxylic acid groups (broad SMARTS) is 1. The number of hydrogen-bond donors (Lipinski definition) is 2. The van der Waals surface area contributed by atoms with Gasteiger partial charge in [-0.1, -0.05) is 32.4 Å². The summed E-state index contributed by atoms with van der Waals surface area (Å²) >= 11 is 7.22. The molecule has 2 aromatic heterocycles. The number of pyridine rings is 1. The Balaban J connectivity index is 2.24. The van der Waals surface area contributed by atoms with E-state index in [-0.39, 0.29) is 16.1 Å². The molecule has 0 aliphatic heterocycles. The van der Waals surface area contributed by atoms with Gasteiger partial charge in [0.25, 0.3) is 0 Å². The average molecular weight is 312 g/mol. The van der Waals surface area contributed by atoms with Crippen LogP contribution in [0.25, 0.3) is 0 Å². The predicted molar refractivity (Wildman–Crippen MR) is 80.3 cm³/mol. The van der Waals surface area contributed by atoms with Crippen LogP contribution in [-0.4, -0.2) is 21.0 Å². The lowest BCUT2D eigenvalue weighted by atomic mass is 9.93. The van der Waals surface area contributed by atoms with Crippen molar-refractivity contribution < 1.29 is 9.90 Å². The lowest BCUT2D eigenvalue weighted by molar-refractivity contribution is 0.0691.